The molecule has 0 aliphatic carbocycles. The second kappa shape index (κ2) is 4.44. The molecule has 3 nitrogen and oxygen atoms in total. The zero-order valence-corrected chi connectivity index (χ0v) is 9.12. The summed E-state index contributed by atoms with van der Waals surface area (Å²) in [6.07, 6.45) is -4.31. The lowest BCUT2D eigenvalue weighted by molar-refractivity contribution is -0.121. The van der Waals surface area contributed by atoms with Crippen LogP contribution in [0.2, 0.25) is 0 Å². The van der Waals surface area contributed by atoms with E-state index in [9.17, 15) is 17.6 Å². The third-order valence-electron chi connectivity index (χ3n) is 1.89. The molecule has 0 atom stereocenters. The van der Waals surface area contributed by atoms with E-state index in [0.717, 1.165) is 11.9 Å². The van der Waals surface area contributed by atoms with Gasteiger partial charge in [0.15, 0.2) is 0 Å². The van der Waals surface area contributed by atoms with Crippen molar-refractivity contribution >= 4 is 23.6 Å². The SMILES string of the molecule is Fc1ccc2c(c1)SN=C(NCC(F)(F)F)N2. The number of fused-ring (bicyclic) bond motifs is 1. The van der Waals surface area contributed by atoms with Crippen molar-refractivity contribution in [2.24, 2.45) is 4.40 Å². The largest absolute Gasteiger partial charge is 0.405 e. The first kappa shape index (κ1) is 12.0. The maximum Gasteiger partial charge on any atom is 0.405 e. The molecular weight excluding hydrogens is 258 g/mol. The molecule has 1 aliphatic rings. The number of nitrogens with zero attached hydrogens (tertiary/aromatic N) is 1. The molecule has 8 heteroatoms. The molecule has 0 spiro atoms. The Balaban J connectivity index is 2.02. The molecule has 1 aromatic rings. The molecule has 0 saturated heterocycles. The molecule has 92 valence electrons. The number of nitrogens with one attached hydrogen (secondary N) is 2. The van der Waals surface area contributed by atoms with E-state index >= 15 is 0 Å². The monoisotopic (exact) mass is 265 g/mol. The maximum atomic E-state index is 12.8. The Morgan fingerprint density at radius 3 is 2.82 bits per heavy atom. The van der Waals surface area contributed by atoms with Crippen LogP contribution < -0.4 is 10.6 Å². The van der Waals surface area contributed by atoms with Crippen LogP contribution in [0.1, 0.15) is 0 Å². The van der Waals surface area contributed by atoms with Crippen LogP contribution in [-0.2, 0) is 0 Å². The fourth-order valence-corrected chi connectivity index (χ4v) is 1.86. The van der Waals surface area contributed by atoms with Crippen LogP contribution in [0, 0.1) is 5.82 Å². The average molecular weight is 265 g/mol. The molecule has 0 aromatic heterocycles. The molecule has 17 heavy (non-hydrogen) atoms. The number of guanidine groups is 1. The third kappa shape index (κ3) is 3.26. The summed E-state index contributed by atoms with van der Waals surface area (Å²) in [7, 11) is 0. The quantitative estimate of drug-likeness (QED) is 0.605. The first-order valence-corrected chi connectivity index (χ1v) is 5.33. The number of anilines is 1. The maximum absolute atomic E-state index is 12.8. The molecule has 2 N–H and O–H groups in total. The van der Waals surface area contributed by atoms with E-state index in [1.54, 1.807) is 0 Å². The molecule has 1 heterocycles. The number of halogens is 4. The summed E-state index contributed by atoms with van der Waals surface area (Å²) in [6, 6.07) is 3.93. The minimum atomic E-state index is -4.31. The number of benzene rings is 1. The Morgan fingerprint density at radius 1 is 1.35 bits per heavy atom. The summed E-state index contributed by atoms with van der Waals surface area (Å²) in [5.74, 6) is -0.411. The minimum absolute atomic E-state index is 0.00596. The molecule has 0 radical (unpaired) electrons. The van der Waals surface area contributed by atoms with Crippen molar-refractivity contribution in [1.29, 1.82) is 0 Å². The molecule has 0 fully saturated rings. The fraction of sp³-hybridized carbons (Fsp3) is 0.222. The number of alkyl halides is 3. The van der Waals surface area contributed by atoms with Gasteiger partial charge in [-0.3, -0.25) is 0 Å². The zero-order chi connectivity index (χ0) is 12.5. The van der Waals surface area contributed by atoms with Gasteiger partial charge in [-0.05, 0) is 18.2 Å². The first-order valence-electron chi connectivity index (χ1n) is 4.56. The summed E-state index contributed by atoms with van der Waals surface area (Å²) < 4.78 is 52.5. The molecule has 1 aromatic carbocycles. The molecule has 0 amide bonds. The van der Waals surface area contributed by atoms with E-state index < -0.39 is 18.5 Å². The summed E-state index contributed by atoms with van der Waals surface area (Å²) >= 11 is 0.917. The summed E-state index contributed by atoms with van der Waals surface area (Å²) in [6.45, 7) is -1.17. The van der Waals surface area contributed by atoms with E-state index in [-0.39, 0.29) is 5.96 Å². The van der Waals surface area contributed by atoms with E-state index in [4.69, 9.17) is 0 Å². The third-order valence-corrected chi connectivity index (χ3v) is 2.70. The number of hydrogen-bond donors (Lipinski definition) is 2. The van der Waals surface area contributed by atoms with Crippen LogP contribution in [0.4, 0.5) is 23.2 Å². The van der Waals surface area contributed by atoms with Crippen LogP contribution in [0.5, 0.6) is 0 Å². The van der Waals surface area contributed by atoms with E-state index in [2.05, 4.69) is 15.0 Å². The van der Waals surface area contributed by atoms with Crippen molar-refractivity contribution in [3.63, 3.8) is 0 Å². The van der Waals surface area contributed by atoms with E-state index in [0.29, 0.717) is 10.6 Å². The highest BCUT2D eigenvalue weighted by Crippen LogP contribution is 2.32. The van der Waals surface area contributed by atoms with Crippen LogP contribution in [-0.4, -0.2) is 18.7 Å². The second-order valence-electron chi connectivity index (χ2n) is 3.27. The summed E-state index contributed by atoms with van der Waals surface area (Å²) in [5.41, 5.74) is 0.524. The standard InChI is InChI=1S/C9H7F4N3S/c10-5-1-2-6-7(3-5)17-16-8(15-6)14-4-9(11,12)13/h1-3H,4H2,(H2,14,15,16). The lowest BCUT2D eigenvalue weighted by Crippen LogP contribution is -2.38. The number of rotatable bonds is 1. The van der Waals surface area contributed by atoms with Crippen molar-refractivity contribution < 1.29 is 17.6 Å². The van der Waals surface area contributed by atoms with Gasteiger partial charge in [0.2, 0.25) is 5.96 Å². The zero-order valence-electron chi connectivity index (χ0n) is 8.31. The van der Waals surface area contributed by atoms with Gasteiger partial charge in [0.25, 0.3) is 0 Å². The van der Waals surface area contributed by atoms with Crippen molar-refractivity contribution in [3.8, 4) is 0 Å². The highest BCUT2D eigenvalue weighted by molar-refractivity contribution is 7.98. The van der Waals surface area contributed by atoms with Crippen molar-refractivity contribution in [3.05, 3.63) is 24.0 Å². The molecule has 2 rings (SSSR count). The molecule has 0 saturated carbocycles. The molecule has 0 bridgehead atoms. The number of hydrogen-bond acceptors (Lipinski definition) is 4. The van der Waals surface area contributed by atoms with Gasteiger partial charge in [-0.15, -0.1) is 0 Å². The van der Waals surface area contributed by atoms with Crippen LogP contribution >= 0.6 is 11.9 Å². The van der Waals surface area contributed by atoms with E-state index in [1.807, 2.05) is 0 Å². The van der Waals surface area contributed by atoms with Crippen molar-refractivity contribution in [2.75, 3.05) is 11.9 Å². The Hall–Kier alpha value is -1.44. The van der Waals surface area contributed by atoms with Gasteiger partial charge in [-0.2, -0.15) is 17.6 Å². The predicted octanol–water partition coefficient (Wildman–Crippen LogP) is 2.77. The van der Waals surface area contributed by atoms with E-state index in [1.165, 1.54) is 18.2 Å². The Labute approximate surface area is 98.4 Å². The van der Waals surface area contributed by atoms with Crippen LogP contribution in [0.3, 0.4) is 0 Å². The molecule has 0 unspecified atom stereocenters. The average Bonchev–Trinajstić information content (AvgIpc) is 2.25. The fourth-order valence-electron chi connectivity index (χ4n) is 1.18. The van der Waals surface area contributed by atoms with Gasteiger partial charge < -0.3 is 10.6 Å². The van der Waals surface area contributed by atoms with Gasteiger partial charge in [0.05, 0.1) is 10.6 Å². The van der Waals surface area contributed by atoms with Crippen LogP contribution in [0.25, 0.3) is 0 Å². The van der Waals surface area contributed by atoms with Gasteiger partial charge in [-0.25, -0.2) is 4.39 Å². The van der Waals surface area contributed by atoms with Crippen LogP contribution in [0.15, 0.2) is 27.5 Å². The Kier molecular flexibility index (Phi) is 3.14. The van der Waals surface area contributed by atoms with Gasteiger partial charge >= 0.3 is 6.18 Å². The topological polar surface area (TPSA) is 36.4 Å². The molecular formula is C9H7F4N3S. The van der Waals surface area contributed by atoms with Crippen molar-refractivity contribution in [1.82, 2.24) is 5.32 Å². The summed E-state index contributed by atoms with van der Waals surface area (Å²) in [4.78, 5) is 0.530. The summed E-state index contributed by atoms with van der Waals surface area (Å²) in [5, 5.41) is 4.76. The highest BCUT2D eigenvalue weighted by Gasteiger charge is 2.27. The van der Waals surface area contributed by atoms with Gasteiger partial charge in [0.1, 0.15) is 12.4 Å². The lowest BCUT2D eigenvalue weighted by Gasteiger charge is -2.18. The highest BCUT2D eigenvalue weighted by atomic mass is 32.2. The van der Waals surface area contributed by atoms with Gasteiger partial charge in [0, 0.05) is 11.9 Å². The molecule has 1 aliphatic heterocycles. The Morgan fingerprint density at radius 2 is 2.12 bits per heavy atom. The second-order valence-corrected chi connectivity index (χ2v) is 4.07. The first-order chi connectivity index (χ1) is 7.94. The lowest BCUT2D eigenvalue weighted by atomic mass is 10.3. The predicted molar refractivity (Wildman–Crippen MR) is 57.4 cm³/mol. The Bertz CT molecular complexity index is 458. The normalized spacial score (nSPS) is 14.7. The minimum Gasteiger partial charge on any atom is -0.346 e. The smallest absolute Gasteiger partial charge is 0.346 e. The van der Waals surface area contributed by atoms with Gasteiger partial charge in [-0.1, -0.05) is 0 Å². The van der Waals surface area contributed by atoms with Crippen molar-refractivity contribution in [2.45, 2.75) is 11.1 Å².